The molecule has 0 aliphatic carbocycles. The van der Waals surface area contributed by atoms with E-state index >= 15 is 0 Å². The van der Waals surface area contributed by atoms with Gasteiger partial charge in [-0.1, -0.05) is 17.7 Å². The molecule has 0 spiro atoms. The van der Waals surface area contributed by atoms with E-state index in [-0.39, 0.29) is 22.1 Å². The van der Waals surface area contributed by atoms with Crippen molar-refractivity contribution in [2.75, 3.05) is 0 Å². The highest BCUT2D eigenvalue weighted by atomic mass is 35.5. The Morgan fingerprint density at radius 3 is 2.67 bits per heavy atom. The zero-order valence-electron chi connectivity index (χ0n) is 7.54. The van der Waals surface area contributed by atoms with Crippen LogP contribution in [-0.4, -0.2) is 6.29 Å². The van der Waals surface area contributed by atoms with E-state index in [9.17, 15) is 9.18 Å². The summed E-state index contributed by atoms with van der Waals surface area (Å²) in [5.74, 6) is -0.0844. The van der Waals surface area contributed by atoms with Crippen LogP contribution in [-0.2, 0) is 0 Å². The van der Waals surface area contributed by atoms with Crippen molar-refractivity contribution in [1.82, 2.24) is 0 Å². The van der Waals surface area contributed by atoms with Crippen LogP contribution in [0.5, 0.6) is 0 Å². The summed E-state index contributed by atoms with van der Waals surface area (Å²) in [5, 5.41) is 0.252. The first-order valence-electron chi connectivity index (χ1n) is 4.22. The summed E-state index contributed by atoms with van der Waals surface area (Å²) < 4.78 is 18.5. The molecule has 1 aromatic heterocycles. The van der Waals surface area contributed by atoms with Crippen molar-refractivity contribution in [1.29, 1.82) is 0 Å². The fraction of sp³-hybridized carbons (Fsp3) is 0. The smallest absolute Gasteiger partial charge is 0.185 e. The summed E-state index contributed by atoms with van der Waals surface area (Å²) in [7, 11) is 0. The second kappa shape index (κ2) is 3.87. The average molecular weight is 225 g/mol. The van der Waals surface area contributed by atoms with E-state index in [0.717, 1.165) is 0 Å². The van der Waals surface area contributed by atoms with Gasteiger partial charge in [-0.05, 0) is 24.3 Å². The summed E-state index contributed by atoms with van der Waals surface area (Å²) in [6, 6.07) is 7.32. The van der Waals surface area contributed by atoms with Gasteiger partial charge >= 0.3 is 0 Å². The SMILES string of the molecule is O=Cc1ccc(-c2c(F)cccc2Cl)o1. The maximum absolute atomic E-state index is 13.4. The molecule has 0 N–H and O–H groups in total. The van der Waals surface area contributed by atoms with E-state index in [2.05, 4.69) is 0 Å². The summed E-state index contributed by atoms with van der Waals surface area (Å²) >= 11 is 5.83. The lowest BCUT2D eigenvalue weighted by Crippen LogP contribution is -1.83. The van der Waals surface area contributed by atoms with Crippen LogP contribution >= 0.6 is 11.6 Å². The molecule has 0 saturated heterocycles. The number of hydrogen-bond acceptors (Lipinski definition) is 2. The van der Waals surface area contributed by atoms with Crippen molar-refractivity contribution in [2.24, 2.45) is 0 Å². The highest BCUT2D eigenvalue weighted by molar-refractivity contribution is 6.33. The number of hydrogen-bond donors (Lipinski definition) is 0. The predicted molar refractivity (Wildman–Crippen MR) is 54.5 cm³/mol. The van der Waals surface area contributed by atoms with Crippen molar-refractivity contribution < 1.29 is 13.6 Å². The van der Waals surface area contributed by atoms with Gasteiger partial charge in [0.1, 0.15) is 11.6 Å². The number of rotatable bonds is 2. The van der Waals surface area contributed by atoms with Crippen molar-refractivity contribution in [3.05, 3.63) is 46.9 Å². The Morgan fingerprint density at radius 1 is 1.27 bits per heavy atom. The van der Waals surface area contributed by atoms with Crippen LogP contribution < -0.4 is 0 Å². The molecule has 1 heterocycles. The zero-order chi connectivity index (χ0) is 10.8. The Kier molecular flexibility index (Phi) is 2.56. The van der Waals surface area contributed by atoms with Gasteiger partial charge in [-0.2, -0.15) is 0 Å². The summed E-state index contributed by atoms with van der Waals surface area (Å²) in [6.07, 6.45) is 0.554. The van der Waals surface area contributed by atoms with Crippen LogP contribution in [0.3, 0.4) is 0 Å². The van der Waals surface area contributed by atoms with E-state index in [1.54, 1.807) is 6.07 Å². The molecule has 0 atom stereocenters. The van der Waals surface area contributed by atoms with Crippen LogP contribution in [0.25, 0.3) is 11.3 Å². The average Bonchev–Trinajstić information content (AvgIpc) is 2.66. The van der Waals surface area contributed by atoms with Crippen LogP contribution in [0.4, 0.5) is 4.39 Å². The van der Waals surface area contributed by atoms with Gasteiger partial charge in [-0.25, -0.2) is 4.39 Å². The summed E-state index contributed by atoms with van der Waals surface area (Å²) in [6.45, 7) is 0. The fourth-order valence-corrected chi connectivity index (χ4v) is 1.54. The quantitative estimate of drug-likeness (QED) is 0.731. The second-order valence-electron chi connectivity index (χ2n) is 2.92. The third-order valence-electron chi connectivity index (χ3n) is 1.95. The Hall–Kier alpha value is -1.61. The lowest BCUT2D eigenvalue weighted by atomic mass is 10.1. The lowest BCUT2D eigenvalue weighted by Gasteiger charge is -2.01. The van der Waals surface area contributed by atoms with Crippen LogP contribution in [0.1, 0.15) is 10.6 Å². The van der Waals surface area contributed by atoms with Gasteiger partial charge < -0.3 is 4.42 Å². The molecule has 2 rings (SSSR count). The first-order valence-corrected chi connectivity index (χ1v) is 4.59. The van der Waals surface area contributed by atoms with Gasteiger partial charge in [0, 0.05) is 0 Å². The predicted octanol–water partition coefficient (Wildman–Crippen LogP) is 3.55. The number of benzene rings is 1. The molecule has 2 nitrogen and oxygen atoms in total. The van der Waals surface area contributed by atoms with Gasteiger partial charge in [0.15, 0.2) is 12.0 Å². The fourth-order valence-electron chi connectivity index (χ4n) is 1.28. The van der Waals surface area contributed by atoms with E-state index in [1.807, 2.05) is 0 Å². The Balaban J connectivity index is 2.58. The van der Waals surface area contributed by atoms with Crippen molar-refractivity contribution in [3.63, 3.8) is 0 Å². The largest absolute Gasteiger partial charge is 0.453 e. The highest BCUT2D eigenvalue weighted by Crippen LogP contribution is 2.31. The van der Waals surface area contributed by atoms with E-state index in [4.69, 9.17) is 16.0 Å². The number of furan rings is 1. The van der Waals surface area contributed by atoms with E-state index in [0.29, 0.717) is 6.29 Å². The number of carbonyl (C=O) groups is 1. The molecule has 76 valence electrons. The molecular weight excluding hydrogens is 219 g/mol. The summed E-state index contributed by atoms with van der Waals surface area (Å²) in [4.78, 5) is 10.4. The Labute approximate surface area is 90.3 Å². The minimum absolute atomic E-state index is 0.143. The topological polar surface area (TPSA) is 30.2 Å². The first kappa shape index (κ1) is 9.93. The van der Waals surface area contributed by atoms with Crippen LogP contribution in [0, 0.1) is 5.82 Å². The molecule has 0 aliphatic rings. The molecule has 2 aromatic rings. The molecule has 0 saturated carbocycles. The highest BCUT2D eigenvalue weighted by Gasteiger charge is 2.13. The van der Waals surface area contributed by atoms with Crippen LogP contribution in [0.2, 0.25) is 5.02 Å². The minimum Gasteiger partial charge on any atom is -0.453 e. The van der Waals surface area contributed by atoms with Crippen molar-refractivity contribution in [3.8, 4) is 11.3 Å². The molecule has 1 aromatic carbocycles. The molecule has 4 heteroatoms. The monoisotopic (exact) mass is 224 g/mol. The zero-order valence-corrected chi connectivity index (χ0v) is 8.29. The number of halogens is 2. The minimum atomic E-state index is -0.478. The molecule has 0 aliphatic heterocycles. The third kappa shape index (κ3) is 1.78. The van der Waals surface area contributed by atoms with E-state index in [1.165, 1.54) is 24.3 Å². The molecular formula is C11H6ClFO2. The van der Waals surface area contributed by atoms with Crippen LogP contribution in [0.15, 0.2) is 34.7 Å². The molecule has 15 heavy (non-hydrogen) atoms. The van der Waals surface area contributed by atoms with Gasteiger partial charge in [-0.15, -0.1) is 0 Å². The second-order valence-corrected chi connectivity index (χ2v) is 3.32. The molecule has 0 bridgehead atoms. The third-order valence-corrected chi connectivity index (χ3v) is 2.27. The van der Waals surface area contributed by atoms with Gasteiger partial charge in [-0.3, -0.25) is 4.79 Å². The normalized spacial score (nSPS) is 10.3. The van der Waals surface area contributed by atoms with Crippen molar-refractivity contribution >= 4 is 17.9 Å². The van der Waals surface area contributed by atoms with Gasteiger partial charge in [0.05, 0.1) is 10.6 Å². The Bertz CT molecular complexity index is 485. The van der Waals surface area contributed by atoms with Gasteiger partial charge in [0.2, 0.25) is 0 Å². The number of carbonyl (C=O) groups excluding carboxylic acids is 1. The Morgan fingerprint density at radius 2 is 2.07 bits per heavy atom. The first-order chi connectivity index (χ1) is 7.22. The van der Waals surface area contributed by atoms with E-state index < -0.39 is 5.82 Å². The molecule has 0 radical (unpaired) electrons. The maximum atomic E-state index is 13.4. The standard InChI is InChI=1S/C11H6ClFO2/c12-8-2-1-3-9(13)11(8)10-5-4-7(6-14)15-10/h1-6H. The van der Waals surface area contributed by atoms with Gasteiger partial charge in [0.25, 0.3) is 0 Å². The lowest BCUT2D eigenvalue weighted by molar-refractivity contribution is 0.110. The van der Waals surface area contributed by atoms with Crippen molar-refractivity contribution in [2.45, 2.75) is 0 Å². The number of aldehydes is 1. The molecule has 0 fully saturated rings. The summed E-state index contributed by atoms with van der Waals surface area (Å²) in [5.41, 5.74) is 0.173. The maximum Gasteiger partial charge on any atom is 0.185 e. The molecule has 0 amide bonds. The molecule has 0 unspecified atom stereocenters.